The molecule has 1 fully saturated rings. The maximum atomic E-state index is 13.3. The zero-order chi connectivity index (χ0) is 22.9. The third-order valence-electron chi connectivity index (χ3n) is 5.23. The normalized spacial score (nSPS) is 13.8. The number of nitrogens with one attached hydrogen (secondary N) is 1. The summed E-state index contributed by atoms with van der Waals surface area (Å²) in [5, 5.41) is 7.84. The van der Waals surface area contributed by atoms with Crippen molar-refractivity contribution in [3.8, 4) is 17.1 Å². The Kier molecular flexibility index (Phi) is 6.06. The van der Waals surface area contributed by atoms with E-state index in [2.05, 4.69) is 10.4 Å². The topological polar surface area (TPSA) is 78.2 Å². The van der Waals surface area contributed by atoms with Gasteiger partial charge in [0, 0.05) is 23.2 Å². The first-order chi connectivity index (χ1) is 15.2. The Hall–Kier alpha value is -3.13. The fraction of sp³-hybridized carbons (Fsp3) is 0.348. The van der Waals surface area contributed by atoms with Crippen LogP contribution in [0.5, 0.6) is 5.75 Å². The van der Waals surface area contributed by atoms with E-state index >= 15 is 0 Å². The number of halogens is 2. The average Bonchev–Trinajstić information content (AvgIpc) is 3.54. The minimum absolute atomic E-state index is 0.109. The molecule has 0 aliphatic heterocycles. The van der Waals surface area contributed by atoms with Crippen molar-refractivity contribution in [1.29, 1.82) is 0 Å². The Morgan fingerprint density at radius 1 is 1.19 bits per heavy atom. The van der Waals surface area contributed by atoms with Crippen LogP contribution in [-0.2, 0) is 11.3 Å². The van der Waals surface area contributed by atoms with E-state index < -0.39 is 5.60 Å². The van der Waals surface area contributed by atoms with Crippen molar-refractivity contribution in [2.45, 2.75) is 44.9 Å². The number of aromatic nitrogens is 3. The van der Waals surface area contributed by atoms with Gasteiger partial charge in [0.25, 0.3) is 5.91 Å². The van der Waals surface area contributed by atoms with Crippen LogP contribution in [0.2, 0.25) is 5.02 Å². The molecule has 1 aliphatic rings. The van der Waals surface area contributed by atoms with Gasteiger partial charge in [-0.05, 0) is 75.2 Å². The molecule has 0 atom stereocenters. The molecule has 3 aromatic rings. The molecular formula is C23H24ClFN4O3. The summed E-state index contributed by atoms with van der Waals surface area (Å²) in [6.45, 7) is 3.74. The number of benzene rings is 2. The Morgan fingerprint density at radius 2 is 1.84 bits per heavy atom. The third kappa shape index (κ3) is 4.85. The SMILES string of the molecule is CC(C)(Oc1ccc(Cl)cc1)C(=O)NCCn1nc(-c2ccc(F)cc2)n(C2CC2)c1=O. The van der Waals surface area contributed by atoms with E-state index in [0.29, 0.717) is 22.2 Å². The van der Waals surface area contributed by atoms with Crippen molar-refractivity contribution in [2.24, 2.45) is 0 Å². The zero-order valence-corrected chi connectivity index (χ0v) is 18.6. The number of hydrogen-bond donors (Lipinski definition) is 1. The Morgan fingerprint density at radius 3 is 2.47 bits per heavy atom. The first-order valence-corrected chi connectivity index (χ1v) is 10.8. The van der Waals surface area contributed by atoms with Crippen LogP contribution in [0.15, 0.2) is 53.3 Å². The van der Waals surface area contributed by atoms with Gasteiger partial charge in [0.2, 0.25) is 0 Å². The van der Waals surface area contributed by atoms with Gasteiger partial charge in [0.05, 0.1) is 6.54 Å². The van der Waals surface area contributed by atoms with Crippen LogP contribution in [0.1, 0.15) is 32.7 Å². The third-order valence-corrected chi connectivity index (χ3v) is 5.48. The average molecular weight is 459 g/mol. The van der Waals surface area contributed by atoms with Crippen LogP contribution in [0.25, 0.3) is 11.4 Å². The summed E-state index contributed by atoms with van der Waals surface area (Å²) in [6, 6.07) is 12.8. The summed E-state index contributed by atoms with van der Waals surface area (Å²) in [7, 11) is 0. The summed E-state index contributed by atoms with van der Waals surface area (Å²) in [6.07, 6.45) is 1.82. The quantitative estimate of drug-likeness (QED) is 0.556. The molecule has 0 radical (unpaired) electrons. The van der Waals surface area contributed by atoms with Crippen molar-refractivity contribution in [3.63, 3.8) is 0 Å². The lowest BCUT2D eigenvalue weighted by molar-refractivity contribution is -0.134. The highest BCUT2D eigenvalue weighted by molar-refractivity contribution is 6.30. The molecule has 1 aliphatic carbocycles. The van der Waals surface area contributed by atoms with Gasteiger partial charge in [-0.3, -0.25) is 9.36 Å². The second-order valence-electron chi connectivity index (χ2n) is 8.26. The summed E-state index contributed by atoms with van der Waals surface area (Å²) < 4.78 is 22.1. The molecule has 7 nitrogen and oxygen atoms in total. The van der Waals surface area contributed by atoms with Crippen LogP contribution in [0, 0.1) is 5.82 Å². The van der Waals surface area contributed by atoms with Crippen molar-refractivity contribution in [2.75, 3.05) is 6.54 Å². The van der Waals surface area contributed by atoms with Crippen LogP contribution in [0.3, 0.4) is 0 Å². The predicted octanol–water partition coefficient (Wildman–Crippen LogP) is 3.81. The molecular weight excluding hydrogens is 435 g/mol. The maximum Gasteiger partial charge on any atom is 0.346 e. The molecule has 0 unspecified atom stereocenters. The number of nitrogens with zero attached hydrogens (tertiary/aromatic N) is 3. The molecule has 4 rings (SSSR count). The zero-order valence-electron chi connectivity index (χ0n) is 17.8. The van der Waals surface area contributed by atoms with Crippen LogP contribution in [0.4, 0.5) is 4.39 Å². The number of carbonyl (C=O) groups is 1. The molecule has 168 valence electrons. The predicted molar refractivity (Wildman–Crippen MR) is 119 cm³/mol. The van der Waals surface area contributed by atoms with E-state index in [1.807, 2.05) is 0 Å². The summed E-state index contributed by atoms with van der Waals surface area (Å²) >= 11 is 5.88. The highest BCUT2D eigenvalue weighted by Gasteiger charge is 2.31. The van der Waals surface area contributed by atoms with Gasteiger partial charge in [-0.1, -0.05) is 11.6 Å². The van der Waals surface area contributed by atoms with Gasteiger partial charge in [-0.2, -0.15) is 0 Å². The minimum atomic E-state index is -1.12. The number of amides is 1. The second-order valence-corrected chi connectivity index (χ2v) is 8.70. The maximum absolute atomic E-state index is 13.3. The second kappa shape index (κ2) is 8.78. The molecule has 0 saturated heterocycles. The number of ether oxygens (including phenoxy) is 1. The van der Waals surface area contributed by atoms with Gasteiger partial charge in [-0.25, -0.2) is 13.9 Å². The van der Waals surface area contributed by atoms with Crippen LogP contribution in [-0.4, -0.2) is 32.4 Å². The van der Waals surface area contributed by atoms with E-state index in [1.54, 1.807) is 54.8 Å². The Balaban J connectivity index is 1.43. The fourth-order valence-electron chi connectivity index (χ4n) is 3.36. The monoisotopic (exact) mass is 458 g/mol. The molecule has 1 amide bonds. The molecule has 1 N–H and O–H groups in total. The summed E-state index contributed by atoms with van der Waals surface area (Å²) in [5.74, 6) is 0.369. The Bertz CT molecular complexity index is 1170. The lowest BCUT2D eigenvalue weighted by Crippen LogP contribution is -2.47. The number of carbonyl (C=O) groups excluding carboxylic acids is 1. The molecule has 32 heavy (non-hydrogen) atoms. The van der Waals surface area contributed by atoms with E-state index in [4.69, 9.17) is 16.3 Å². The molecule has 0 spiro atoms. The number of hydrogen-bond acceptors (Lipinski definition) is 4. The van der Waals surface area contributed by atoms with Crippen molar-refractivity contribution in [1.82, 2.24) is 19.7 Å². The van der Waals surface area contributed by atoms with Gasteiger partial charge >= 0.3 is 5.69 Å². The molecule has 1 heterocycles. The van der Waals surface area contributed by atoms with E-state index in [1.165, 1.54) is 16.8 Å². The Labute approximate surface area is 189 Å². The summed E-state index contributed by atoms with van der Waals surface area (Å²) in [5.41, 5.74) is -0.681. The minimum Gasteiger partial charge on any atom is -0.478 e. The molecule has 9 heteroatoms. The first-order valence-electron chi connectivity index (χ1n) is 10.4. The van der Waals surface area contributed by atoms with E-state index in [-0.39, 0.29) is 36.5 Å². The lowest BCUT2D eigenvalue weighted by atomic mass is 10.1. The highest BCUT2D eigenvalue weighted by Crippen LogP contribution is 2.36. The highest BCUT2D eigenvalue weighted by atomic mass is 35.5. The van der Waals surface area contributed by atoms with Crippen molar-refractivity contribution in [3.05, 3.63) is 69.9 Å². The van der Waals surface area contributed by atoms with Gasteiger partial charge < -0.3 is 10.1 Å². The van der Waals surface area contributed by atoms with Gasteiger partial charge in [-0.15, -0.1) is 5.10 Å². The smallest absolute Gasteiger partial charge is 0.346 e. The van der Waals surface area contributed by atoms with Crippen molar-refractivity contribution < 1.29 is 13.9 Å². The summed E-state index contributed by atoms with van der Waals surface area (Å²) in [4.78, 5) is 25.5. The number of rotatable bonds is 8. The van der Waals surface area contributed by atoms with Gasteiger partial charge in [0.1, 0.15) is 11.6 Å². The van der Waals surface area contributed by atoms with Crippen LogP contribution >= 0.6 is 11.6 Å². The van der Waals surface area contributed by atoms with E-state index in [9.17, 15) is 14.0 Å². The van der Waals surface area contributed by atoms with E-state index in [0.717, 1.165) is 12.8 Å². The molecule has 0 bridgehead atoms. The largest absolute Gasteiger partial charge is 0.478 e. The molecule has 2 aromatic carbocycles. The molecule has 1 aromatic heterocycles. The lowest BCUT2D eigenvalue weighted by Gasteiger charge is -2.25. The standard InChI is InChI=1S/C23H24ClFN4O3/c1-23(2,32-19-11-5-16(24)6-12-19)21(30)26-13-14-28-22(31)29(18-9-10-18)20(27-28)15-3-7-17(25)8-4-15/h3-8,11-12,18H,9-10,13-14H2,1-2H3,(H,26,30). The van der Waals surface area contributed by atoms with Crippen molar-refractivity contribution >= 4 is 17.5 Å². The fourth-order valence-corrected chi connectivity index (χ4v) is 3.48. The van der Waals surface area contributed by atoms with Gasteiger partial charge in [0.15, 0.2) is 11.4 Å². The van der Waals surface area contributed by atoms with Crippen LogP contribution < -0.4 is 15.7 Å². The first kappa shape index (κ1) is 22.1. The molecule has 1 saturated carbocycles.